The molecular formula is C23H22ClN5O3. The maximum absolute atomic E-state index is 12.9. The molecule has 0 radical (unpaired) electrons. The lowest BCUT2D eigenvalue weighted by molar-refractivity contribution is 0.102. The number of nitrogens with one attached hydrogen (secondary N) is 1. The number of halogens is 1. The predicted molar refractivity (Wildman–Crippen MR) is 122 cm³/mol. The minimum absolute atomic E-state index is 0.179. The Balaban J connectivity index is 1.76. The highest BCUT2D eigenvalue weighted by atomic mass is 35.5. The number of aryl methyl sites for hydroxylation is 2. The zero-order chi connectivity index (χ0) is 22.8. The molecule has 2 aromatic heterocycles. The summed E-state index contributed by atoms with van der Waals surface area (Å²) in [6.07, 6.45) is 0. The van der Waals surface area contributed by atoms with Gasteiger partial charge in [0.05, 0.1) is 30.7 Å². The summed E-state index contributed by atoms with van der Waals surface area (Å²) in [5.74, 6) is 0.366. The topological polar surface area (TPSA) is 90.6 Å². The van der Waals surface area contributed by atoms with Gasteiger partial charge in [0.2, 0.25) is 0 Å². The molecule has 0 unspecified atom stereocenters. The summed E-state index contributed by atoms with van der Waals surface area (Å²) in [5, 5.41) is 16.7. The number of fused-ring (bicyclic) bond motifs is 1. The van der Waals surface area contributed by atoms with E-state index in [4.69, 9.17) is 21.1 Å². The van der Waals surface area contributed by atoms with Crippen LogP contribution in [0, 0.1) is 13.8 Å². The fourth-order valence-corrected chi connectivity index (χ4v) is 3.58. The van der Waals surface area contributed by atoms with Gasteiger partial charge in [-0.05, 0) is 55.3 Å². The summed E-state index contributed by atoms with van der Waals surface area (Å²) in [7, 11) is 3.22. The quantitative estimate of drug-likeness (QED) is 0.465. The minimum atomic E-state index is -0.381. The Morgan fingerprint density at radius 1 is 1.09 bits per heavy atom. The second-order valence-electron chi connectivity index (χ2n) is 7.27. The third-order valence-electron chi connectivity index (χ3n) is 5.13. The average Bonchev–Trinajstić information content (AvgIpc) is 3.16. The van der Waals surface area contributed by atoms with Crippen LogP contribution in [0.25, 0.3) is 16.8 Å². The van der Waals surface area contributed by atoms with Gasteiger partial charge in [-0.1, -0.05) is 23.7 Å². The number of aromatic nitrogens is 4. The number of amides is 1. The molecule has 1 N–H and O–H groups in total. The van der Waals surface area contributed by atoms with Crippen LogP contribution in [0.5, 0.6) is 5.75 Å². The van der Waals surface area contributed by atoms with Crippen LogP contribution in [0.4, 0.5) is 5.69 Å². The fourth-order valence-electron chi connectivity index (χ4n) is 3.46. The van der Waals surface area contributed by atoms with E-state index in [1.54, 1.807) is 43.9 Å². The normalized spacial score (nSPS) is 11.0. The highest BCUT2D eigenvalue weighted by Crippen LogP contribution is 2.30. The standard InChI is InChI=1S/C23H22ClN5O3/c1-13-11-16(7-10-18(13)24)25-23(30)21-14(2)29-22(27-26-21)20(19(28-29)12-31-3)15-5-8-17(32-4)9-6-15/h5-11H,12H2,1-4H3,(H,25,30). The summed E-state index contributed by atoms with van der Waals surface area (Å²) in [4.78, 5) is 12.9. The van der Waals surface area contributed by atoms with Crippen molar-refractivity contribution in [2.75, 3.05) is 19.5 Å². The lowest BCUT2D eigenvalue weighted by atomic mass is 10.1. The van der Waals surface area contributed by atoms with Crippen molar-refractivity contribution in [3.8, 4) is 16.9 Å². The van der Waals surface area contributed by atoms with Gasteiger partial charge in [0.1, 0.15) is 5.75 Å². The number of carbonyl (C=O) groups is 1. The van der Waals surface area contributed by atoms with Crippen LogP contribution in [-0.2, 0) is 11.3 Å². The van der Waals surface area contributed by atoms with Crippen LogP contribution in [0.15, 0.2) is 42.5 Å². The van der Waals surface area contributed by atoms with E-state index in [9.17, 15) is 4.79 Å². The summed E-state index contributed by atoms with van der Waals surface area (Å²) in [5.41, 5.74) is 5.16. The van der Waals surface area contributed by atoms with E-state index in [0.717, 1.165) is 22.4 Å². The van der Waals surface area contributed by atoms with E-state index in [1.165, 1.54) is 0 Å². The molecule has 32 heavy (non-hydrogen) atoms. The van der Waals surface area contributed by atoms with Crippen molar-refractivity contribution in [2.45, 2.75) is 20.5 Å². The third kappa shape index (κ3) is 4.02. The fraction of sp³-hybridized carbons (Fsp3) is 0.217. The van der Waals surface area contributed by atoms with Crippen LogP contribution in [0.1, 0.15) is 27.4 Å². The molecule has 164 valence electrons. The van der Waals surface area contributed by atoms with E-state index in [1.807, 2.05) is 31.2 Å². The second kappa shape index (κ2) is 8.94. The molecule has 2 aromatic carbocycles. The number of benzene rings is 2. The number of nitrogens with zero attached hydrogens (tertiary/aromatic N) is 4. The molecule has 0 aliphatic heterocycles. The number of hydrogen-bond acceptors (Lipinski definition) is 6. The van der Waals surface area contributed by atoms with Crippen molar-refractivity contribution in [1.82, 2.24) is 19.8 Å². The third-order valence-corrected chi connectivity index (χ3v) is 5.55. The second-order valence-corrected chi connectivity index (χ2v) is 7.68. The molecule has 8 nitrogen and oxygen atoms in total. The Morgan fingerprint density at radius 2 is 1.84 bits per heavy atom. The number of anilines is 1. The lowest BCUT2D eigenvalue weighted by Crippen LogP contribution is -2.18. The van der Waals surface area contributed by atoms with Gasteiger partial charge in [0.15, 0.2) is 11.3 Å². The van der Waals surface area contributed by atoms with Gasteiger partial charge in [-0.25, -0.2) is 4.52 Å². The molecular weight excluding hydrogens is 430 g/mol. The summed E-state index contributed by atoms with van der Waals surface area (Å²) < 4.78 is 12.2. The van der Waals surface area contributed by atoms with Crippen molar-refractivity contribution in [2.24, 2.45) is 0 Å². The Morgan fingerprint density at radius 3 is 2.50 bits per heavy atom. The van der Waals surface area contributed by atoms with Crippen molar-refractivity contribution in [1.29, 1.82) is 0 Å². The van der Waals surface area contributed by atoms with Gasteiger partial charge < -0.3 is 14.8 Å². The Labute approximate surface area is 190 Å². The van der Waals surface area contributed by atoms with Gasteiger partial charge >= 0.3 is 0 Å². The van der Waals surface area contributed by atoms with Crippen molar-refractivity contribution in [3.63, 3.8) is 0 Å². The maximum atomic E-state index is 12.9. The van der Waals surface area contributed by atoms with E-state index < -0.39 is 0 Å². The molecule has 0 aliphatic rings. The van der Waals surface area contributed by atoms with Crippen LogP contribution in [0.2, 0.25) is 5.02 Å². The monoisotopic (exact) mass is 451 g/mol. The summed E-state index contributed by atoms with van der Waals surface area (Å²) in [6, 6.07) is 12.9. The van der Waals surface area contributed by atoms with Crippen molar-refractivity contribution < 1.29 is 14.3 Å². The first kappa shape index (κ1) is 21.7. The van der Waals surface area contributed by atoms with Gasteiger partial charge in [-0.3, -0.25) is 4.79 Å². The number of carbonyl (C=O) groups excluding carboxylic acids is 1. The highest BCUT2D eigenvalue weighted by molar-refractivity contribution is 6.31. The molecule has 2 heterocycles. The van der Waals surface area contributed by atoms with Crippen LogP contribution < -0.4 is 10.1 Å². The molecule has 0 saturated heterocycles. The molecule has 4 rings (SSSR count). The number of methoxy groups -OCH3 is 2. The van der Waals surface area contributed by atoms with Crippen LogP contribution in [0.3, 0.4) is 0 Å². The summed E-state index contributed by atoms with van der Waals surface area (Å²) in [6.45, 7) is 3.94. The zero-order valence-electron chi connectivity index (χ0n) is 18.1. The Kier molecular flexibility index (Phi) is 6.07. The van der Waals surface area contributed by atoms with E-state index in [-0.39, 0.29) is 18.2 Å². The van der Waals surface area contributed by atoms with Gasteiger partial charge in [0.25, 0.3) is 5.91 Å². The molecule has 0 saturated carbocycles. The molecule has 0 bridgehead atoms. The van der Waals surface area contributed by atoms with E-state index >= 15 is 0 Å². The summed E-state index contributed by atoms with van der Waals surface area (Å²) >= 11 is 6.07. The van der Waals surface area contributed by atoms with Crippen LogP contribution >= 0.6 is 11.6 Å². The van der Waals surface area contributed by atoms with E-state index in [2.05, 4.69) is 20.6 Å². The molecule has 0 atom stereocenters. The highest BCUT2D eigenvalue weighted by Gasteiger charge is 2.22. The molecule has 1 amide bonds. The SMILES string of the molecule is COCc1nn2c(C)c(C(=O)Nc3ccc(Cl)c(C)c3)nnc2c1-c1ccc(OC)cc1. The van der Waals surface area contributed by atoms with E-state index in [0.29, 0.717) is 27.7 Å². The Bertz CT molecular complexity index is 1300. The first-order chi connectivity index (χ1) is 15.4. The van der Waals surface area contributed by atoms with Crippen molar-refractivity contribution in [3.05, 3.63) is 70.1 Å². The number of ether oxygens (including phenoxy) is 2. The first-order valence-corrected chi connectivity index (χ1v) is 10.3. The molecule has 9 heteroatoms. The van der Waals surface area contributed by atoms with Crippen molar-refractivity contribution >= 4 is 28.8 Å². The van der Waals surface area contributed by atoms with Gasteiger partial charge in [-0.15, -0.1) is 10.2 Å². The zero-order valence-corrected chi connectivity index (χ0v) is 18.9. The first-order valence-electron chi connectivity index (χ1n) is 9.88. The largest absolute Gasteiger partial charge is 0.497 e. The molecule has 0 fully saturated rings. The number of hydrogen-bond donors (Lipinski definition) is 1. The predicted octanol–water partition coefficient (Wildman–Crippen LogP) is 4.47. The minimum Gasteiger partial charge on any atom is -0.497 e. The lowest BCUT2D eigenvalue weighted by Gasteiger charge is -2.09. The molecule has 0 spiro atoms. The Hall–Kier alpha value is -3.49. The van der Waals surface area contributed by atoms with Gasteiger partial charge in [0, 0.05) is 17.8 Å². The van der Waals surface area contributed by atoms with Gasteiger partial charge in [-0.2, -0.15) is 5.10 Å². The number of rotatable bonds is 6. The average molecular weight is 452 g/mol. The van der Waals surface area contributed by atoms with Crippen LogP contribution in [-0.4, -0.2) is 39.9 Å². The molecule has 4 aromatic rings. The molecule has 0 aliphatic carbocycles. The maximum Gasteiger partial charge on any atom is 0.278 e. The smallest absolute Gasteiger partial charge is 0.278 e.